The van der Waals surface area contributed by atoms with E-state index in [2.05, 4.69) is 6.08 Å². The molecule has 0 saturated heterocycles. The maximum atomic E-state index is 11.7. The van der Waals surface area contributed by atoms with E-state index >= 15 is 0 Å². The Labute approximate surface area is 212 Å². The first-order valence-electron chi connectivity index (χ1n) is 12.0. The van der Waals surface area contributed by atoms with Crippen LogP contribution in [-0.4, -0.2) is 31.2 Å². The zero-order valence-corrected chi connectivity index (χ0v) is 21.5. The molecule has 8 nitrogen and oxygen atoms in total. The van der Waals surface area contributed by atoms with Crippen LogP contribution in [0.5, 0.6) is 0 Å². The molecule has 4 aliphatic rings. The molecule has 3 atom stereocenters. The predicted octanol–water partition coefficient (Wildman–Crippen LogP) is 3.98. The fourth-order valence-corrected chi connectivity index (χ4v) is 6.61. The van der Waals surface area contributed by atoms with E-state index < -0.39 is 25.5 Å². The summed E-state index contributed by atoms with van der Waals surface area (Å²) in [5.74, 6) is -0.113. The van der Waals surface area contributed by atoms with Crippen LogP contribution in [0, 0.1) is 11.8 Å². The normalized spacial score (nSPS) is 27.8. The van der Waals surface area contributed by atoms with Gasteiger partial charge in [0.15, 0.2) is 0 Å². The van der Waals surface area contributed by atoms with Gasteiger partial charge in [0.2, 0.25) is 0 Å². The molecular weight excluding hydrogens is 500 g/mol. The molecule has 0 aromatic heterocycles. The molecule has 0 spiro atoms. The van der Waals surface area contributed by atoms with Gasteiger partial charge in [0.05, 0.1) is 4.91 Å². The Morgan fingerprint density at radius 2 is 1.44 bits per heavy atom. The van der Waals surface area contributed by atoms with Crippen molar-refractivity contribution >= 4 is 20.2 Å². The SMILES string of the molecule is NC1=CCC(/C(C2=CC=C(N)CC2)=C(\C2=CC=C(S(=O)(=O)O)CC2)C2C=CC(S(=O)(=O)O)CC2)C=C1. The Balaban J connectivity index is 1.90. The molecule has 0 amide bonds. The number of rotatable bonds is 6. The van der Waals surface area contributed by atoms with E-state index in [1.165, 1.54) is 6.08 Å². The first-order valence-corrected chi connectivity index (χ1v) is 14.9. The van der Waals surface area contributed by atoms with E-state index in [9.17, 15) is 25.9 Å². The highest BCUT2D eigenvalue weighted by Crippen LogP contribution is 2.44. The van der Waals surface area contributed by atoms with Gasteiger partial charge >= 0.3 is 0 Å². The van der Waals surface area contributed by atoms with Crippen molar-refractivity contribution in [3.8, 4) is 0 Å². The van der Waals surface area contributed by atoms with Crippen LogP contribution in [0.15, 0.2) is 93.3 Å². The highest BCUT2D eigenvalue weighted by atomic mass is 32.2. The van der Waals surface area contributed by atoms with Crippen LogP contribution >= 0.6 is 0 Å². The number of hydrogen-bond donors (Lipinski definition) is 4. The molecule has 0 aliphatic heterocycles. The van der Waals surface area contributed by atoms with Crippen LogP contribution in [-0.2, 0) is 20.2 Å². The van der Waals surface area contributed by atoms with Crippen molar-refractivity contribution in [1.29, 1.82) is 0 Å². The van der Waals surface area contributed by atoms with Gasteiger partial charge in [0, 0.05) is 23.2 Å². The summed E-state index contributed by atoms with van der Waals surface area (Å²) in [6, 6.07) is 0. The standard InChI is InChI=1S/C26H32N2O6S2/c27-21-9-1-17(2-10-21)25(18-3-11-22(28)12-4-18)26(19-5-13-23(14-6-19)35(29,30)31)20-7-15-24(16-8-20)36(32,33)34/h1,3,5,7,9-11,13,15,17,19,23H,2,4,6,8,12,14,16,27-28H2,(H,29,30,31)(H,32,33,34)/b26-25+. The summed E-state index contributed by atoms with van der Waals surface area (Å²) < 4.78 is 65.9. The fraction of sp³-hybridized carbons (Fsp3) is 0.385. The van der Waals surface area contributed by atoms with Gasteiger partial charge in [-0.05, 0) is 85.5 Å². The van der Waals surface area contributed by atoms with E-state index in [4.69, 9.17) is 11.5 Å². The lowest BCUT2D eigenvalue weighted by molar-refractivity contribution is 0.462. The van der Waals surface area contributed by atoms with Crippen LogP contribution in [0.25, 0.3) is 0 Å². The second kappa shape index (κ2) is 10.4. The van der Waals surface area contributed by atoms with Crippen LogP contribution in [0.4, 0.5) is 0 Å². The third kappa shape index (κ3) is 6.00. The first kappa shape index (κ1) is 26.4. The highest BCUT2D eigenvalue weighted by Gasteiger charge is 2.32. The molecule has 0 saturated carbocycles. The van der Waals surface area contributed by atoms with Gasteiger partial charge in [-0.15, -0.1) is 0 Å². The van der Waals surface area contributed by atoms with Crippen LogP contribution < -0.4 is 11.5 Å². The Hall–Kier alpha value is -2.66. The molecule has 6 N–H and O–H groups in total. The summed E-state index contributed by atoms with van der Waals surface area (Å²) in [6.45, 7) is 0. The molecule has 10 heteroatoms. The molecule has 0 bridgehead atoms. The Bertz CT molecular complexity index is 1390. The summed E-state index contributed by atoms with van der Waals surface area (Å²) >= 11 is 0. The van der Waals surface area contributed by atoms with E-state index in [1.807, 2.05) is 30.4 Å². The van der Waals surface area contributed by atoms with Crippen molar-refractivity contribution < 1.29 is 25.9 Å². The van der Waals surface area contributed by atoms with Crippen molar-refractivity contribution in [2.45, 2.75) is 50.2 Å². The van der Waals surface area contributed by atoms with Gasteiger partial charge in [0.1, 0.15) is 5.25 Å². The Morgan fingerprint density at radius 3 is 1.92 bits per heavy atom. The van der Waals surface area contributed by atoms with Gasteiger partial charge in [-0.1, -0.05) is 36.5 Å². The smallest absolute Gasteiger partial charge is 0.290 e. The van der Waals surface area contributed by atoms with Gasteiger partial charge in [-0.3, -0.25) is 9.11 Å². The monoisotopic (exact) mass is 532 g/mol. The number of nitrogens with two attached hydrogens (primary N) is 2. The summed E-state index contributed by atoms with van der Waals surface area (Å²) in [4.78, 5) is -0.0290. The summed E-state index contributed by atoms with van der Waals surface area (Å²) in [6.07, 6.45) is 20.0. The number of hydrogen-bond acceptors (Lipinski definition) is 6. The average molecular weight is 533 g/mol. The Morgan fingerprint density at radius 1 is 0.778 bits per heavy atom. The van der Waals surface area contributed by atoms with E-state index in [-0.39, 0.29) is 29.6 Å². The van der Waals surface area contributed by atoms with Gasteiger partial charge < -0.3 is 11.5 Å². The third-order valence-electron chi connectivity index (χ3n) is 7.18. The van der Waals surface area contributed by atoms with Gasteiger partial charge in [-0.2, -0.15) is 16.8 Å². The minimum Gasteiger partial charge on any atom is -0.402 e. The molecule has 0 aromatic rings. The second-order valence-electron chi connectivity index (χ2n) is 9.59. The Kier molecular flexibility index (Phi) is 7.61. The maximum absolute atomic E-state index is 11.7. The molecule has 194 valence electrons. The van der Waals surface area contributed by atoms with Gasteiger partial charge in [0.25, 0.3) is 20.2 Å². The second-order valence-corrected chi connectivity index (χ2v) is 12.7. The van der Waals surface area contributed by atoms with Crippen molar-refractivity contribution in [2.24, 2.45) is 23.3 Å². The van der Waals surface area contributed by atoms with E-state index in [1.54, 1.807) is 12.2 Å². The predicted molar refractivity (Wildman–Crippen MR) is 140 cm³/mol. The average Bonchev–Trinajstić information content (AvgIpc) is 2.83. The minimum atomic E-state index is -4.27. The van der Waals surface area contributed by atoms with Crippen molar-refractivity contribution in [1.82, 2.24) is 0 Å². The molecule has 36 heavy (non-hydrogen) atoms. The summed E-state index contributed by atoms with van der Waals surface area (Å²) in [7, 11) is -8.46. The van der Waals surface area contributed by atoms with Crippen molar-refractivity contribution in [2.75, 3.05) is 0 Å². The van der Waals surface area contributed by atoms with E-state index in [0.717, 1.165) is 34.4 Å². The zero-order valence-electron chi connectivity index (χ0n) is 19.9. The van der Waals surface area contributed by atoms with Crippen LogP contribution in [0.1, 0.15) is 44.9 Å². The lowest BCUT2D eigenvalue weighted by atomic mass is 9.72. The first-order chi connectivity index (χ1) is 16.9. The maximum Gasteiger partial charge on any atom is 0.290 e. The van der Waals surface area contributed by atoms with Crippen LogP contribution in [0.2, 0.25) is 0 Å². The molecule has 0 radical (unpaired) electrons. The summed E-state index contributed by atoms with van der Waals surface area (Å²) in [5.41, 5.74) is 17.7. The lowest BCUT2D eigenvalue weighted by Gasteiger charge is -2.33. The molecule has 0 aromatic carbocycles. The molecule has 4 rings (SSSR count). The van der Waals surface area contributed by atoms with Crippen molar-refractivity contribution in [3.63, 3.8) is 0 Å². The fourth-order valence-electron chi connectivity index (χ4n) is 5.29. The number of allylic oxidation sites excluding steroid dienone is 14. The largest absolute Gasteiger partial charge is 0.402 e. The van der Waals surface area contributed by atoms with Gasteiger partial charge in [-0.25, -0.2) is 0 Å². The molecule has 4 aliphatic carbocycles. The minimum absolute atomic E-state index is 0.0202. The van der Waals surface area contributed by atoms with E-state index in [0.29, 0.717) is 31.4 Å². The summed E-state index contributed by atoms with van der Waals surface area (Å²) in [5, 5.41) is -0.946. The molecular formula is C26H32N2O6S2. The molecule has 0 heterocycles. The third-order valence-corrected chi connectivity index (χ3v) is 9.34. The van der Waals surface area contributed by atoms with Crippen molar-refractivity contribution in [3.05, 3.63) is 93.3 Å². The zero-order chi connectivity index (χ0) is 26.1. The molecule has 0 fully saturated rings. The quantitative estimate of drug-likeness (QED) is 0.295. The molecule has 3 unspecified atom stereocenters. The lowest BCUT2D eigenvalue weighted by Crippen LogP contribution is -2.25. The topological polar surface area (TPSA) is 161 Å². The van der Waals surface area contributed by atoms with Crippen LogP contribution in [0.3, 0.4) is 0 Å². The highest BCUT2D eigenvalue weighted by molar-refractivity contribution is 7.89.